The Morgan fingerprint density at radius 3 is 2.19 bits per heavy atom. The maximum atomic E-state index is 12.9. The van der Waals surface area contributed by atoms with Gasteiger partial charge in [0.1, 0.15) is 0 Å². The van der Waals surface area contributed by atoms with Crippen LogP contribution in [0.15, 0.2) is 36.4 Å². The maximum Gasteiger partial charge on any atom is 0.238 e. The van der Waals surface area contributed by atoms with Gasteiger partial charge in [0.25, 0.3) is 0 Å². The van der Waals surface area contributed by atoms with Crippen molar-refractivity contribution in [2.75, 3.05) is 4.90 Å². The van der Waals surface area contributed by atoms with Gasteiger partial charge in [0.2, 0.25) is 11.8 Å². The van der Waals surface area contributed by atoms with Gasteiger partial charge in [-0.25, -0.2) is 4.90 Å². The van der Waals surface area contributed by atoms with Crippen LogP contribution in [-0.2, 0) is 9.59 Å². The molecule has 1 aliphatic heterocycles. The SMILES string of the molecule is O=C1[C@@H]2[C@H]3C=C[C@@H]([C@@H]4C[C@H]34)[C@@H]2C(=O)N1c1cccc(I)c1. The van der Waals surface area contributed by atoms with Crippen molar-refractivity contribution in [3.8, 4) is 0 Å². The number of carbonyl (C=O) groups is 2. The molecule has 1 heterocycles. The Morgan fingerprint density at radius 1 is 1.00 bits per heavy atom. The number of hydrogen-bond acceptors (Lipinski definition) is 2. The molecule has 2 bridgehead atoms. The highest BCUT2D eigenvalue weighted by atomic mass is 127. The Hall–Kier alpha value is -1.17. The minimum absolute atomic E-state index is 0.0247. The summed E-state index contributed by atoms with van der Waals surface area (Å²) >= 11 is 2.22. The molecule has 4 heteroatoms. The average Bonchev–Trinajstić information content (AvgIpc) is 3.24. The van der Waals surface area contributed by atoms with E-state index < -0.39 is 0 Å². The number of rotatable bonds is 1. The number of carbonyl (C=O) groups excluding carboxylic acids is 2. The number of halogens is 1. The van der Waals surface area contributed by atoms with Crippen molar-refractivity contribution < 1.29 is 9.59 Å². The molecular formula is C17H14INO2. The number of anilines is 1. The fourth-order valence-corrected chi connectivity index (χ4v) is 5.35. The zero-order valence-electron chi connectivity index (χ0n) is 11.3. The molecule has 4 aliphatic carbocycles. The summed E-state index contributed by atoms with van der Waals surface area (Å²) in [7, 11) is 0. The molecule has 21 heavy (non-hydrogen) atoms. The third kappa shape index (κ3) is 1.49. The van der Waals surface area contributed by atoms with Crippen LogP contribution in [0.1, 0.15) is 6.42 Å². The van der Waals surface area contributed by atoms with Gasteiger partial charge in [-0.3, -0.25) is 9.59 Å². The van der Waals surface area contributed by atoms with Crippen LogP contribution in [-0.4, -0.2) is 11.8 Å². The van der Waals surface area contributed by atoms with E-state index in [2.05, 4.69) is 34.7 Å². The molecule has 0 radical (unpaired) electrons. The van der Waals surface area contributed by atoms with E-state index in [1.165, 1.54) is 11.3 Å². The number of nitrogens with zero attached hydrogens (tertiary/aromatic N) is 1. The number of amides is 2. The highest BCUT2D eigenvalue weighted by Gasteiger charge is 2.67. The van der Waals surface area contributed by atoms with Crippen LogP contribution in [0.3, 0.4) is 0 Å². The Bertz CT molecular complexity index is 676. The molecule has 1 saturated heterocycles. The largest absolute Gasteiger partial charge is 0.274 e. The van der Waals surface area contributed by atoms with Gasteiger partial charge < -0.3 is 0 Å². The van der Waals surface area contributed by atoms with Gasteiger partial charge in [0.15, 0.2) is 0 Å². The van der Waals surface area contributed by atoms with Crippen molar-refractivity contribution in [2.24, 2.45) is 35.5 Å². The molecule has 1 aromatic carbocycles. The standard InChI is InChI=1S/C17H14INO2/c18-8-2-1-3-9(6-8)19-16(20)14-10-4-5-11(13-7-12(10)13)15(14)17(19)21/h1-6,10-15H,7H2/t10-,11-,12-,13+,14-,15+/m0/s1. The first-order chi connectivity index (χ1) is 10.2. The molecular weight excluding hydrogens is 377 g/mol. The third-order valence-electron chi connectivity index (χ3n) is 5.73. The minimum atomic E-state index is -0.103. The average molecular weight is 391 g/mol. The summed E-state index contributed by atoms with van der Waals surface area (Å²) in [6.45, 7) is 0. The van der Waals surface area contributed by atoms with Gasteiger partial charge in [-0.05, 0) is 70.9 Å². The van der Waals surface area contributed by atoms with Crippen molar-refractivity contribution in [1.82, 2.24) is 0 Å². The van der Waals surface area contributed by atoms with E-state index in [4.69, 9.17) is 0 Å². The van der Waals surface area contributed by atoms with Crippen LogP contribution in [0.5, 0.6) is 0 Å². The summed E-state index contributed by atoms with van der Waals surface area (Å²) < 4.78 is 1.05. The fourth-order valence-electron chi connectivity index (χ4n) is 4.83. The first-order valence-electron chi connectivity index (χ1n) is 7.48. The van der Waals surface area contributed by atoms with Gasteiger partial charge in [-0.15, -0.1) is 0 Å². The lowest BCUT2D eigenvalue weighted by molar-refractivity contribution is -0.124. The minimum Gasteiger partial charge on any atom is -0.274 e. The van der Waals surface area contributed by atoms with E-state index in [-0.39, 0.29) is 23.7 Å². The summed E-state index contributed by atoms with van der Waals surface area (Å²) in [4.78, 5) is 27.2. The molecule has 106 valence electrons. The first-order valence-corrected chi connectivity index (χ1v) is 8.56. The Balaban J connectivity index is 1.60. The van der Waals surface area contributed by atoms with Gasteiger partial charge >= 0.3 is 0 Å². The summed E-state index contributed by atoms with van der Waals surface area (Å²) in [5, 5.41) is 0. The molecule has 3 fully saturated rings. The number of benzene rings is 1. The second-order valence-electron chi connectivity index (χ2n) is 6.65. The normalized spacial score (nSPS) is 42.2. The van der Waals surface area contributed by atoms with Crippen molar-refractivity contribution in [1.29, 1.82) is 0 Å². The van der Waals surface area contributed by atoms with Gasteiger partial charge in [-0.1, -0.05) is 18.2 Å². The van der Waals surface area contributed by atoms with Crippen LogP contribution in [0, 0.1) is 39.1 Å². The second-order valence-corrected chi connectivity index (χ2v) is 7.89. The number of allylic oxidation sites excluding steroid dienone is 2. The van der Waals surface area contributed by atoms with E-state index in [1.54, 1.807) is 0 Å². The summed E-state index contributed by atoms with van der Waals surface area (Å²) in [5.41, 5.74) is 0.736. The zero-order valence-corrected chi connectivity index (χ0v) is 13.4. The molecule has 0 spiro atoms. The summed E-state index contributed by atoms with van der Waals surface area (Å²) in [5.74, 6) is 1.77. The topological polar surface area (TPSA) is 37.4 Å². The zero-order chi connectivity index (χ0) is 14.3. The Labute approximate surface area is 136 Å². The molecule has 1 aromatic rings. The lowest BCUT2D eigenvalue weighted by Gasteiger charge is -2.37. The van der Waals surface area contributed by atoms with E-state index in [1.807, 2.05) is 24.3 Å². The smallest absolute Gasteiger partial charge is 0.238 e. The predicted octanol–water partition coefficient (Wildman–Crippen LogP) is 2.85. The van der Waals surface area contributed by atoms with Crippen molar-refractivity contribution in [3.63, 3.8) is 0 Å². The van der Waals surface area contributed by atoms with Crippen LogP contribution in [0.4, 0.5) is 5.69 Å². The molecule has 2 amide bonds. The van der Waals surface area contributed by atoms with Crippen LogP contribution in [0.2, 0.25) is 0 Å². The Morgan fingerprint density at radius 2 is 1.62 bits per heavy atom. The lowest BCUT2D eigenvalue weighted by atomic mass is 9.63. The maximum absolute atomic E-state index is 12.9. The van der Waals surface area contributed by atoms with Crippen LogP contribution < -0.4 is 4.90 Å². The molecule has 0 aromatic heterocycles. The van der Waals surface area contributed by atoms with Gasteiger partial charge in [0, 0.05) is 3.57 Å². The molecule has 0 unspecified atom stereocenters. The molecule has 6 atom stereocenters. The summed E-state index contributed by atoms with van der Waals surface area (Å²) in [6.07, 6.45) is 5.63. The number of imide groups is 1. The molecule has 5 aliphatic rings. The van der Waals surface area contributed by atoms with Crippen LogP contribution in [0.25, 0.3) is 0 Å². The van der Waals surface area contributed by atoms with Gasteiger partial charge in [-0.2, -0.15) is 0 Å². The van der Waals surface area contributed by atoms with Gasteiger partial charge in [0.05, 0.1) is 17.5 Å². The van der Waals surface area contributed by atoms with E-state index in [0.29, 0.717) is 23.7 Å². The predicted molar refractivity (Wildman–Crippen MR) is 86.3 cm³/mol. The van der Waals surface area contributed by atoms with Crippen molar-refractivity contribution >= 4 is 40.1 Å². The molecule has 2 saturated carbocycles. The second kappa shape index (κ2) is 3.97. The highest BCUT2D eigenvalue weighted by Crippen LogP contribution is 2.65. The Kier molecular flexibility index (Phi) is 2.34. The third-order valence-corrected chi connectivity index (χ3v) is 6.40. The van der Waals surface area contributed by atoms with E-state index >= 15 is 0 Å². The summed E-state index contributed by atoms with van der Waals surface area (Å²) in [6, 6.07) is 7.67. The fraction of sp³-hybridized carbons (Fsp3) is 0.412. The van der Waals surface area contributed by atoms with Crippen molar-refractivity contribution in [3.05, 3.63) is 40.0 Å². The van der Waals surface area contributed by atoms with E-state index in [0.717, 1.165) is 9.26 Å². The quantitative estimate of drug-likeness (QED) is 0.420. The highest BCUT2D eigenvalue weighted by molar-refractivity contribution is 14.1. The number of hydrogen-bond donors (Lipinski definition) is 0. The first kappa shape index (κ1) is 12.4. The van der Waals surface area contributed by atoms with E-state index in [9.17, 15) is 9.59 Å². The monoisotopic (exact) mass is 391 g/mol. The van der Waals surface area contributed by atoms with Crippen molar-refractivity contribution in [2.45, 2.75) is 6.42 Å². The molecule has 6 rings (SSSR count). The van der Waals surface area contributed by atoms with Crippen LogP contribution >= 0.6 is 22.6 Å². The molecule has 0 N–H and O–H groups in total. The molecule has 3 nitrogen and oxygen atoms in total. The lowest BCUT2D eigenvalue weighted by Crippen LogP contribution is -2.40.